The van der Waals surface area contributed by atoms with Gasteiger partial charge in [-0.3, -0.25) is 9.59 Å². The van der Waals surface area contributed by atoms with Crippen LogP contribution < -0.4 is 15.8 Å². The number of halogens is 6. The Balaban J connectivity index is 1.55. The second-order valence-corrected chi connectivity index (χ2v) is 12.5. The van der Waals surface area contributed by atoms with Crippen LogP contribution in [0.2, 0.25) is 0 Å². The summed E-state index contributed by atoms with van der Waals surface area (Å²) < 4.78 is 87.1. The van der Waals surface area contributed by atoms with Gasteiger partial charge in [0.15, 0.2) is 11.6 Å². The Hall–Kier alpha value is -5.17. The van der Waals surface area contributed by atoms with E-state index in [-0.39, 0.29) is 52.5 Å². The molecule has 0 aliphatic carbocycles. The first-order valence-electron chi connectivity index (χ1n) is 16.6. The predicted octanol–water partition coefficient (Wildman–Crippen LogP) is 9.49. The van der Waals surface area contributed by atoms with Crippen LogP contribution in [0.5, 0.6) is 17.2 Å². The van der Waals surface area contributed by atoms with Crippen molar-refractivity contribution in [2.24, 2.45) is 0 Å². The molecular formula is C39H39F6N3O4. The summed E-state index contributed by atoms with van der Waals surface area (Å²) in [4.78, 5) is 26.2. The average molecular weight is 728 g/mol. The summed E-state index contributed by atoms with van der Waals surface area (Å²) in [6, 6.07) is 9.85. The quantitative estimate of drug-likeness (QED) is 0.0309. The molecule has 5 N–H and O–H groups in total. The lowest BCUT2D eigenvalue weighted by Crippen LogP contribution is -2.28. The minimum atomic E-state index is -4.79. The number of Topliss-reactive ketones (excluding diaryl/α,β-unsaturated/α-hetero) is 1. The molecule has 0 amide bonds. The summed E-state index contributed by atoms with van der Waals surface area (Å²) in [5.41, 5.74) is 4.11. The van der Waals surface area contributed by atoms with Gasteiger partial charge in [-0.2, -0.15) is 26.3 Å². The Morgan fingerprint density at radius 3 is 2.27 bits per heavy atom. The third kappa shape index (κ3) is 11.7. The summed E-state index contributed by atoms with van der Waals surface area (Å²) in [5, 5.41) is 21.7. The number of alkyl halides is 6. The molecule has 0 radical (unpaired) electrons. The Morgan fingerprint density at radius 2 is 1.63 bits per heavy atom. The monoisotopic (exact) mass is 727 g/mol. The largest absolute Gasteiger partial charge is 0.507 e. The second kappa shape index (κ2) is 17.4. The van der Waals surface area contributed by atoms with Crippen LogP contribution in [0.1, 0.15) is 73.3 Å². The van der Waals surface area contributed by atoms with Crippen LogP contribution in [0.4, 0.5) is 32.0 Å². The Labute approximate surface area is 297 Å². The number of phenols is 1. The van der Waals surface area contributed by atoms with Gasteiger partial charge in [-0.1, -0.05) is 24.3 Å². The van der Waals surface area contributed by atoms with Gasteiger partial charge in [-0.05, 0) is 99.3 Å². The number of nitrogens with two attached hydrogens (primary N) is 1. The highest BCUT2D eigenvalue weighted by molar-refractivity contribution is 6.02. The number of benzene rings is 3. The van der Waals surface area contributed by atoms with Crippen molar-refractivity contribution < 1.29 is 45.8 Å². The zero-order valence-corrected chi connectivity index (χ0v) is 28.3. The summed E-state index contributed by atoms with van der Waals surface area (Å²) >= 11 is 0. The number of anilines is 1. The van der Waals surface area contributed by atoms with Gasteiger partial charge >= 0.3 is 12.4 Å². The molecule has 0 saturated carbocycles. The van der Waals surface area contributed by atoms with Gasteiger partial charge in [-0.25, -0.2) is 0 Å². The van der Waals surface area contributed by atoms with Gasteiger partial charge in [0, 0.05) is 59.5 Å². The number of carbonyl (C=O) groups excluding carboxylic acids is 2. The first kappa shape index (κ1) is 39.6. The maximum absolute atomic E-state index is 14.0. The van der Waals surface area contributed by atoms with E-state index in [2.05, 4.69) is 5.32 Å². The highest BCUT2D eigenvalue weighted by atomic mass is 19.4. The normalized spacial score (nSPS) is 15.4. The fourth-order valence-corrected chi connectivity index (χ4v) is 5.56. The molecule has 0 bridgehead atoms. The fraction of sp³-hybridized carbons (Fsp3) is 0.308. The van der Waals surface area contributed by atoms with Crippen LogP contribution in [0.15, 0.2) is 78.4 Å². The highest BCUT2D eigenvalue weighted by Gasteiger charge is 2.33. The first-order valence-corrected chi connectivity index (χ1v) is 16.6. The maximum atomic E-state index is 14.0. The second-order valence-electron chi connectivity index (χ2n) is 12.5. The minimum Gasteiger partial charge on any atom is -0.507 e. The van der Waals surface area contributed by atoms with Crippen LogP contribution in [0.25, 0.3) is 12.2 Å². The van der Waals surface area contributed by atoms with E-state index in [9.17, 15) is 41.0 Å². The lowest BCUT2D eigenvalue weighted by molar-refractivity contribution is -0.138. The van der Waals surface area contributed by atoms with Gasteiger partial charge < -0.3 is 26.3 Å². The number of carbonyl (C=O) groups is 2. The van der Waals surface area contributed by atoms with Crippen LogP contribution >= 0.6 is 0 Å². The number of allylic oxidation sites excluding steroid dienone is 3. The molecule has 3 aromatic rings. The zero-order valence-electron chi connectivity index (χ0n) is 28.3. The molecule has 3 aromatic carbocycles. The van der Waals surface area contributed by atoms with Gasteiger partial charge in [0.1, 0.15) is 17.2 Å². The highest BCUT2D eigenvalue weighted by Crippen LogP contribution is 2.38. The molecule has 1 aliphatic rings. The van der Waals surface area contributed by atoms with Gasteiger partial charge in [0.05, 0.1) is 11.1 Å². The van der Waals surface area contributed by atoms with Crippen LogP contribution in [-0.4, -0.2) is 35.0 Å². The van der Waals surface area contributed by atoms with E-state index < -0.39 is 41.1 Å². The van der Waals surface area contributed by atoms with Crippen molar-refractivity contribution in [1.82, 2.24) is 5.32 Å². The maximum Gasteiger partial charge on any atom is 0.416 e. The number of unbranched alkanes of at least 4 members (excludes halogenated alkanes) is 1. The van der Waals surface area contributed by atoms with Crippen LogP contribution in [0.3, 0.4) is 0 Å². The van der Waals surface area contributed by atoms with E-state index in [1.165, 1.54) is 24.3 Å². The van der Waals surface area contributed by atoms with Crippen molar-refractivity contribution in [2.45, 2.75) is 70.3 Å². The average Bonchev–Trinajstić information content (AvgIpc) is 3.59. The number of nitrogens with one attached hydrogen (secondary N) is 2. The number of aromatic hydroxyl groups is 1. The topological polar surface area (TPSA) is 126 Å². The third-order valence-corrected chi connectivity index (χ3v) is 8.18. The van der Waals surface area contributed by atoms with E-state index in [4.69, 9.17) is 15.9 Å². The van der Waals surface area contributed by atoms with Crippen molar-refractivity contribution in [3.05, 3.63) is 106 Å². The first-order chi connectivity index (χ1) is 24.5. The molecule has 1 saturated heterocycles. The SMILES string of the molecule is CC(=N)C/C=C/CCCC(=O)C=Cc1cc(C(F)(F)F)cc(C=C(C(=O)Cc2ccc(Oc3cc(N)cc(C(F)(F)F)c3)cc2)C2CCCN2)c1O. The minimum absolute atomic E-state index is 0.133. The van der Waals surface area contributed by atoms with Crippen molar-refractivity contribution in [1.29, 1.82) is 5.41 Å². The molecule has 1 fully saturated rings. The molecule has 1 heterocycles. The van der Waals surface area contributed by atoms with Crippen molar-refractivity contribution in [3.63, 3.8) is 0 Å². The summed E-state index contributed by atoms with van der Waals surface area (Å²) in [7, 11) is 0. The Morgan fingerprint density at radius 1 is 0.962 bits per heavy atom. The Kier molecular flexibility index (Phi) is 13.2. The fourth-order valence-electron chi connectivity index (χ4n) is 5.56. The van der Waals surface area contributed by atoms with E-state index >= 15 is 0 Å². The molecule has 7 nitrogen and oxygen atoms in total. The lowest BCUT2D eigenvalue weighted by Gasteiger charge is -2.17. The zero-order chi connectivity index (χ0) is 38.1. The van der Waals surface area contributed by atoms with Gasteiger partial charge in [0.25, 0.3) is 0 Å². The summed E-state index contributed by atoms with van der Waals surface area (Å²) in [5.74, 6) is -1.24. The Bertz CT molecular complexity index is 1860. The number of nitrogen functional groups attached to an aromatic ring is 1. The van der Waals surface area contributed by atoms with Crippen LogP contribution in [-0.2, 0) is 28.4 Å². The lowest BCUT2D eigenvalue weighted by atomic mass is 9.92. The predicted molar refractivity (Wildman–Crippen MR) is 188 cm³/mol. The molecule has 276 valence electrons. The molecule has 1 unspecified atom stereocenters. The number of hydrogen-bond donors (Lipinski definition) is 4. The molecule has 13 heteroatoms. The number of ketones is 2. The smallest absolute Gasteiger partial charge is 0.416 e. The van der Waals surface area contributed by atoms with Crippen molar-refractivity contribution >= 4 is 35.1 Å². The molecular weight excluding hydrogens is 688 g/mol. The number of hydrogen-bond acceptors (Lipinski definition) is 7. The molecule has 52 heavy (non-hydrogen) atoms. The third-order valence-electron chi connectivity index (χ3n) is 8.18. The molecule has 0 aromatic heterocycles. The van der Waals surface area contributed by atoms with E-state index in [1.807, 2.05) is 12.2 Å². The molecule has 1 atom stereocenters. The summed E-state index contributed by atoms with van der Waals surface area (Å²) in [6.45, 7) is 2.25. The van der Waals surface area contributed by atoms with Crippen molar-refractivity contribution in [2.75, 3.05) is 12.3 Å². The van der Waals surface area contributed by atoms with Crippen molar-refractivity contribution in [3.8, 4) is 17.2 Å². The van der Waals surface area contributed by atoms with E-state index in [0.29, 0.717) is 49.9 Å². The van der Waals surface area contributed by atoms with E-state index in [0.717, 1.165) is 36.4 Å². The number of phenolic OH excluding ortho intramolecular Hbond substituents is 1. The molecule has 0 spiro atoms. The van der Waals surface area contributed by atoms with Crippen LogP contribution in [0, 0.1) is 5.41 Å². The van der Waals surface area contributed by atoms with E-state index in [1.54, 1.807) is 19.1 Å². The van der Waals surface area contributed by atoms with Gasteiger partial charge in [-0.15, -0.1) is 0 Å². The van der Waals surface area contributed by atoms with Gasteiger partial charge in [0.2, 0.25) is 0 Å². The molecule has 1 aliphatic heterocycles. The summed E-state index contributed by atoms with van der Waals surface area (Å²) in [6.07, 6.45) is 0.575. The standard InChI is InChI=1S/C39H39F6N3O4/c1-24(46)7-4-2-3-5-8-31(49)13-12-26-18-28(38(40,41)42)19-27(37(26)51)20-34(35-9-6-16-48-35)36(50)17-25-10-14-32(15-11-25)52-33-22-29(39(43,44)45)21-30(47)23-33/h2,4,10-15,18-23,35,46,48,51H,3,5-9,16-17,47H2,1H3/b4-2+,13-12?,34-20?,46-24?. The number of rotatable bonds is 15. The number of ether oxygens (including phenoxy) is 1. The molecule has 4 rings (SSSR count).